The molecule has 4 rings (SSSR count). The maximum absolute atomic E-state index is 13.1. The summed E-state index contributed by atoms with van der Waals surface area (Å²) in [6.07, 6.45) is 0. The van der Waals surface area contributed by atoms with Crippen LogP contribution in [0, 0.1) is 0 Å². The van der Waals surface area contributed by atoms with Gasteiger partial charge in [-0.1, -0.05) is 48.5 Å². The normalized spacial score (nSPS) is 11.5. The molecular formula is C24H21N3O4. The third kappa shape index (κ3) is 4.56. The molecule has 0 aliphatic rings. The first kappa shape index (κ1) is 20.2. The molecule has 0 aliphatic carbocycles. The molecule has 156 valence electrons. The predicted molar refractivity (Wildman–Crippen MR) is 115 cm³/mol. The summed E-state index contributed by atoms with van der Waals surface area (Å²) in [5, 5.41) is 11.3. The minimum atomic E-state index is -0.629. The van der Waals surface area contributed by atoms with Crippen molar-refractivity contribution in [1.82, 2.24) is 15.5 Å². The first-order valence-electron chi connectivity index (χ1n) is 9.65. The van der Waals surface area contributed by atoms with Crippen LogP contribution in [0.4, 0.5) is 0 Å². The second-order valence-corrected chi connectivity index (χ2v) is 6.73. The van der Waals surface area contributed by atoms with E-state index in [1.807, 2.05) is 60.7 Å². The van der Waals surface area contributed by atoms with Crippen LogP contribution in [0.1, 0.15) is 27.9 Å². The highest BCUT2D eigenvalue weighted by Crippen LogP contribution is 2.27. The van der Waals surface area contributed by atoms with Gasteiger partial charge in [-0.3, -0.25) is 4.79 Å². The minimum absolute atomic E-state index is 0.285. The van der Waals surface area contributed by atoms with Crippen molar-refractivity contribution in [1.29, 1.82) is 0 Å². The van der Waals surface area contributed by atoms with Gasteiger partial charge in [0.25, 0.3) is 5.91 Å². The van der Waals surface area contributed by atoms with Gasteiger partial charge in [0.15, 0.2) is 0 Å². The van der Waals surface area contributed by atoms with Crippen LogP contribution in [0.2, 0.25) is 0 Å². The van der Waals surface area contributed by atoms with E-state index in [1.54, 1.807) is 18.2 Å². The Morgan fingerprint density at radius 3 is 2.10 bits per heavy atom. The summed E-state index contributed by atoms with van der Waals surface area (Å²) in [4.78, 5) is 13.1. The summed E-state index contributed by atoms with van der Waals surface area (Å²) in [6.45, 7) is 0. The maximum Gasteiger partial charge on any atom is 0.252 e. The molecule has 4 aromatic rings. The van der Waals surface area contributed by atoms with Crippen molar-refractivity contribution < 1.29 is 18.7 Å². The Morgan fingerprint density at radius 1 is 0.871 bits per heavy atom. The number of rotatable bonds is 7. The smallest absolute Gasteiger partial charge is 0.252 e. The van der Waals surface area contributed by atoms with Crippen LogP contribution in [0.25, 0.3) is 11.5 Å². The Morgan fingerprint density at radius 2 is 1.48 bits per heavy atom. The summed E-state index contributed by atoms with van der Waals surface area (Å²) in [6, 6.07) is 23.3. The summed E-state index contributed by atoms with van der Waals surface area (Å²) in [5.74, 6) is 1.38. The molecule has 0 fully saturated rings. The Bertz CT molecular complexity index is 1140. The number of carbonyl (C=O) groups is 1. The maximum atomic E-state index is 13.1. The molecule has 0 saturated heterocycles. The Balaban J connectivity index is 1.67. The average Bonchev–Trinajstić information content (AvgIpc) is 3.33. The third-order valence-electron chi connectivity index (χ3n) is 4.73. The molecule has 1 aromatic heterocycles. The molecule has 1 heterocycles. The van der Waals surface area contributed by atoms with Crippen LogP contribution in [0.15, 0.2) is 83.3 Å². The van der Waals surface area contributed by atoms with Crippen molar-refractivity contribution in [3.8, 4) is 23.0 Å². The Kier molecular flexibility index (Phi) is 5.93. The van der Waals surface area contributed by atoms with E-state index in [-0.39, 0.29) is 11.8 Å². The first-order valence-corrected chi connectivity index (χ1v) is 9.65. The van der Waals surface area contributed by atoms with Gasteiger partial charge in [0, 0.05) is 17.2 Å². The largest absolute Gasteiger partial charge is 0.497 e. The van der Waals surface area contributed by atoms with Gasteiger partial charge < -0.3 is 19.2 Å². The number of benzene rings is 3. The van der Waals surface area contributed by atoms with Crippen LogP contribution in [-0.4, -0.2) is 30.3 Å². The lowest BCUT2D eigenvalue weighted by Gasteiger charge is -2.16. The number of aromatic nitrogens is 2. The Labute approximate surface area is 179 Å². The number of amides is 1. The third-order valence-corrected chi connectivity index (χ3v) is 4.73. The quantitative estimate of drug-likeness (QED) is 0.485. The number of hydrogen-bond donors (Lipinski definition) is 1. The van der Waals surface area contributed by atoms with E-state index in [0.717, 1.165) is 11.1 Å². The second-order valence-electron chi connectivity index (χ2n) is 6.73. The lowest BCUT2D eigenvalue weighted by Crippen LogP contribution is -2.29. The number of hydrogen-bond acceptors (Lipinski definition) is 6. The van der Waals surface area contributed by atoms with Crippen LogP contribution >= 0.6 is 0 Å². The van der Waals surface area contributed by atoms with Crippen molar-refractivity contribution in [2.45, 2.75) is 6.04 Å². The van der Waals surface area contributed by atoms with Crippen molar-refractivity contribution in [2.24, 2.45) is 0 Å². The summed E-state index contributed by atoms with van der Waals surface area (Å²) >= 11 is 0. The van der Waals surface area contributed by atoms with Gasteiger partial charge in [-0.15, -0.1) is 10.2 Å². The van der Waals surface area contributed by atoms with Crippen LogP contribution in [0.3, 0.4) is 0 Å². The highest BCUT2D eigenvalue weighted by atomic mass is 16.5. The fraction of sp³-hybridized carbons (Fsp3) is 0.125. The molecule has 31 heavy (non-hydrogen) atoms. The second kappa shape index (κ2) is 9.13. The zero-order valence-electron chi connectivity index (χ0n) is 17.1. The van der Waals surface area contributed by atoms with E-state index >= 15 is 0 Å². The molecule has 0 aliphatic heterocycles. The van der Waals surface area contributed by atoms with Crippen LogP contribution in [-0.2, 0) is 0 Å². The number of methoxy groups -OCH3 is 2. The molecule has 0 saturated carbocycles. The molecular weight excluding hydrogens is 394 g/mol. The fourth-order valence-corrected chi connectivity index (χ4v) is 3.13. The van der Waals surface area contributed by atoms with Gasteiger partial charge in [-0.2, -0.15) is 0 Å². The van der Waals surface area contributed by atoms with Gasteiger partial charge >= 0.3 is 0 Å². The van der Waals surface area contributed by atoms with Gasteiger partial charge in [0.1, 0.15) is 17.5 Å². The van der Waals surface area contributed by atoms with Gasteiger partial charge in [-0.25, -0.2) is 0 Å². The topological polar surface area (TPSA) is 86.5 Å². The van der Waals surface area contributed by atoms with Crippen LogP contribution < -0.4 is 14.8 Å². The molecule has 1 atom stereocenters. The molecule has 1 amide bonds. The van der Waals surface area contributed by atoms with Gasteiger partial charge in [0.2, 0.25) is 11.8 Å². The lowest BCUT2D eigenvalue weighted by atomic mass is 10.1. The number of carbonyl (C=O) groups excluding carboxylic acids is 1. The van der Waals surface area contributed by atoms with Crippen molar-refractivity contribution in [3.05, 3.63) is 95.9 Å². The van der Waals surface area contributed by atoms with Crippen molar-refractivity contribution in [3.63, 3.8) is 0 Å². The molecule has 3 aromatic carbocycles. The molecule has 0 bridgehead atoms. The zero-order valence-corrected chi connectivity index (χ0v) is 17.1. The molecule has 0 spiro atoms. The van der Waals surface area contributed by atoms with E-state index in [1.165, 1.54) is 14.2 Å². The highest BCUT2D eigenvalue weighted by Gasteiger charge is 2.24. The molecule has 1 N–H and O–H groups in total. The SMILES string of the molecule is COc1cc(OC)cc(C(=O)NC(c2ccccc2)c2nnc(-c3ccccc3)o2)c1. The number of nitrogens with zero attached hydrogens (tertiary/aromatic N) is 2. The van der Waals surface area contributed by atoms with Crippen molar-refractivity contribution >= 4 is 5.91 Å². The van der Waals surface area contributed by atoms with E-state index in [4.69, 9.17) is 13.9 Å². The van der Waals surface area contributed by atoms with E-state index in [2.05, 4.69) is 15.5 Å². The van der Waals surface area contributed by atoms with Crippen LogP contribution in [0.5, 0.6) is 11.5 Å². The molecule has 0 radical (unpaired) electrons. The number of nitrogens with one attached hydrogen (secondary N) is 1. The first-order chi connectivity index (χ1) is 15.2. The standard InChI is InChI=1S/C24H21N3O4/c1-29-19-13-18(14-20(15-19)30-2)22(28)25-21(16-9-5-3-6-10-16)24-27-26-23(31-24)17-11-7-4-8-12-17/h3-15,21H,1-2H3,(H,25,28). The van der Waals surface area contributed by atoms with E-state index in [9.17, 15) is 4.79 Å². The summed E-state index contributed by atoms with van der Waals surface area (Å²) in [5.41, 5.74) is 2.01. The zero-order chi connectivity index (χ0) is 21.6. The van der Waals surface area contributed by atoms with Crippen molar-refractivity contribution in [2.75, 3.05) is 14.2 Å². The lowest BCUT2D eigenvalue weighted by molar-refractivity contribution is 0.0937. The molecule has 7 nitrogen and oxygen atoms in total. The average molecular weight is 415 g/mol. The highest BCUT2D eigenvalue weighted by molar-refractivity contribution is 5.95. The Hall–Kier alpha value is -4.13. The molecule has 7 heteroatoms. The van der Waals surface area contributed by atoms with Gasteiger partial charge in [-0.05, 0) is 29.8 Å². The van der Waals surface area contributed by atoms with E-state index in [0.29, 0.717) is 23.0 Å². The van der Waals surface area contributed by atoms with E-state index < -0.39 is 6.04 Å². The monoisotopic (exact) mass is 415 g/mol. The predicted octanol–water partition coefficient (Wildman–Crippen LogP) is 4.27. The summed E-state index contributed by atoms with van der Waals surface area (Å²) in [7, 11) is 3.07. The molecule has 1 unspecified atom stereocenters. The van der Waals surface area contributed by atoms with Gasteiger partial charge in [0.05, 0.1) is 14.2 Å². The fourth-order valence-electron chi connectivity index (χ4n) is 3.13. The minimum Gasteiger partial charge on any atom is -0.497 e. The number of ether oxygens (including phenoxy) is 2. The summed E-state index contributed by atoms with van der Waals surface area (Å²) < 4.78 is 16.5.